The van der Waals surface area contributed by atoms with E-state index in [4.69, 9.17) is 28.8 Å². The fourth-order valence-electron chi connectivity index (χ4n) is 6.81. The Balaban J connectivity index is 1.37. The maximum absolute atomic E-state index is 10.3. The van der Waals surface area contributed by atoms with E-state index in [1.165, 1.54) is 0 Å². The molecule has 0 aliphatic rings. The molecule has 5 heteroatoms. The monoisotopic (exact) mass is 744 g/mol. The van der Waals surface area contributed by atoms with Crippen molar-refractivity contribution in [2.24, 2.45) is 0 Å². The third-order valence-electron chi connectivity index (χ3n) is 9.11. The molecule has 56 heavy (non-hydrogen) atoms. The van der Waals surface area contributed by atoms with Crippen LogP contribution in [0.15, 0.2) is 187 Å². The van der Waals surface area contributed by atoms with Gasteiger partial charge in [0.2, 0.25) is 5.95 Å². The third-order valence-corrected chi connectivity index (χ3v) is 9.11. The Morgan fingerprint density at radius 3 is 1.39 bits per heavy atom. The van der Waals surface area contributed by atoms with Crippen LogP contribution in [0.2, 0.25) is 0 Å². The quantitative estimate of drug-likeness (QED) is 0.169. The second-order valence-electron chi connectivity index (χ2n) is 12.1. The zero-order valence-electron chi connectivity index (χ0n) is 58.7. The Kier molecular flexibility index (Phi) is 2.83. The summed E-state index contributed by atoms with van der Waals surface area (Å²) < 4.78 is 282. The van der Waals surface area contributed by atoms with Crippen LogP contribution in [-0.2, 0) is 0 Å². The number of benzene rings is 9. The van der Waals surface area contributed by atoms with E-state index in [1.807, 2.05) is 0 Å². The fraction of sp³-hybridized carbons (Fsp3) is 0. The summed E-state index contributed by atoms with van der Waals surface area (Å²) in [5.74, 6) is -2.90. The van der Waals surface area contributed by atoms with Crippen molar-refractivity contribution in [1.82, 2.24) is 24.1 Å². The Morgan fingerprint density at radius 2 is 0.768 bits per heavy atom. The van der Waals surface area contributed by atoms with Gasteiger partial charge in [-0.25, -0.2) is 4.98 Å². The zero-order valence-corrected chi connectivity index (χ0v) is 27.7. The molecule has 3 aromatic heterocycles. The van der Waals surface area contributed by atoms with Gasteiger partial charge in [-0.05, 0) is 74.6 Å². The van der Waals surface area contributed by atoms with Crippen LogP contribution < -0.4 is 0 Å². The van der Waals surface area contributed by atoms with Crippen LogP contribution in [0.25, 0.3) is 110 Å². The largest absolute Gasteiger partial charge is 0.309 e. The van der Waals surface area contributed by atoms with E-state index in [2.05, 4.69) is 15.0 Å². The first-order valence-corrected chi connectivity index (χ1v) is 16.4. The molecule has 0 amide bonds. The molecule has 0 unspecified atom stereocenters. The molecule has 0 radical (unpaired) electrons. The summed E-state index contributed by atoms with van der Waals surface area (Å²) in [5.41, 5.74) is -5.25. The van der Waals surface area contributed by atoms with Crippen molar-refractivity contribution in [2.75, 3.05) is 0 Å². The number of rotatable bonds is 4. The molecule has 0 spiro atoms. The summed E-state index contributed by atoms with van der Waals surface area (Å²) >= 11 is 0. The van der Waals surface area contributed by atoms with Crippen molar-refractivity contribution in [3.63, 3.8) is 0 Å². The SMILES string of the molecule is [2H]c1c([2H])c([2H])c(-c2nc(-c3c([2H])c([2H])c4c5c([2H])c([2H])c([2H])c([2H])c5c5c([2H])c([2H])c([2H])c([2H])c5c4c3[2H])nc(-n3c4c([2H])c([2H])c([2H])c([2H])c4c4c([2H])c5c6c([2H])c([2H])c([2H])c([2H])c6n(-c6c([2H])c([2H])c([2H])c([2H])c6[2H])c5c([2H])c43)n2)c([2H])c1[2H]. The first kappa shape index (κ1) is 13.3. The van der Waals surface area contributed by atoms with Gasteiger partial charge in [0.05, 0.1) is 64.6 Å². The molecule has 0 aliphatic carbocycles. The summed E-state index contributed by atoms with van der Waals surface area (Å²) in [7, 11) is 0. The van der Waals surface area contributed by atoms with E-state index >= 15 is 0 Å². The van der Waals surface area contributed by atoms with Crippen LogP contribution >= 0.6 is 0 Å². The molecule has 5 nitrogen and oxygen atoms in total. The Labute approximate surface area is 364 Å². The smallest absolute Gasteiger partial charge is 0.238 e. The highest BCUT2D eigenvalue weighted by molar-refractivity contribution is 6.26. The second kappa shape index (κ2) is 11.9. The highest BCUT2D eigenvalue weighted by Gasteiger charge is 2.21. The molecule has 0 bridgehead atoms. The normalized spacial score (nSPS) is 19.7. The molecule has 0 aliphatic heterocycles. The molecular weight excluding hydrogens is 683 g/mol. The van der Waals surface area contributed by atoms with Crippen LogP contribution in [0.1, 0.15) is 42.5 Å². The van der Waals surface area contributed by atoms with Crippen LogP contribution in [0.4, 0.5) is 0 Å². The lowest BCUT2D eigenvalue weighted by molar-refractivity contribution is 0.954. The highest BCUT2D eigenvalue weighted by Crippen LogP contribution is 2.40. The van der Waals surface area contributed by atoms with Crippen molar-refractivity contribution in [1.29, 1.82) is 0 Å². The van der Waals surface area contributed by atoms with Gasteiger partial charge in [0.25, 0.3) is 0 Å². The molecule has 3 heterocycles. The molecule has 0 atom stereocenters. The topological polar surface area (TPSA) is 48.5 Å². The van der Waals surface area contributed by atoms with Crippen molar-refractivity contribution in [3.8, 4) is 34.4 Å². The summed E-state index contributed by atoms with van der Waals surface area (Å²) in [4.78, 5) is 13.5. The van der Waals surface area contributed by atoms with Gasteiger partial charge in [0.1, 0.15) is 0 Å². The maximum atomic E-state index is 10.3. The van der Waals surface area contributed by atoms with E-state index < -0.39 is 298 Å². The fourth-order valence-corrected chi connectivity index (χ4v) is 6.81. The van der Waals surface area contributed by atoms with Crippen molar-refractivity contribution >= 4 is 75.9 Å². The van der Waals surface area contributed by atoms with Crippen LogP contribution in [0.5, 0.6) is 0 Å². The van der Waals surface area contributed by atoms with E-state index in [0.29, 0.717) is 0 Å². The number of fused-ring (bicyclic) bond motifs is 12. The van der Waals surface area contributed by atoms with E-state index in [9.17, 15) is 13.7 Å². The maximum Gasteiger partial charge on any atom is 0.238 e. The molecule has 12 aromatic rings. The summed E-state index contributed by atoms with van der Waals surface area (Å²) in [6.45, 7) is 0. The van der Waals surface area contributed by atoms with Crippen molar-refractivity contribution < 1.29 is 42.5 Å². The first-order chi connectivity index (χ1) is 40.7. The summed E-state index contributed by atoms with van der Waals surface area (Å²) in [6.07, 6.45) is 0. The van der Waals surface area contributed by atoms with Crippen molar-refractivity contribution in [3.05, 3.63) is 187 Å². The van der Waals surface area contributed by atoms with Gasteiger partial charge in [-0.15, -0.1) is 0 Å². The van der Waals surface area contributed by atoms with Crippen LogP contribution in [0.3, 0.4) is 0 Å². The predicted octanol–water partition coefficient (Wildman–Crippen LogP) is 12.9. The van der Waals surface area contributed by atoms with Gasteiger partial charge in [0, 0.05) is 38.4 Å². The van der Waals surface area contributed by atoms with Gasteiger partial charge >= 0.3 is 0 Å². The number of aromatic nitrogens is 5. The molecule has 0 N–H and O–H groups in total. The van der Waals surface area contributed by atoms with E-state index in [-0.39, 0.29) is 0 Å². The minimum absolute atomic E-state index is 0.504. The van der Waals surface area contributed by atoms with Crippen LogP contribution in [0, 0.1) is 0 Å². The number of para-hydroxylation sites is 3. The lowest BCUT2D eigenvalue weighted by atomic mass is 9.93. The van der Waals surface area contributed by atoms with Crippen LogP contribution in [-0.4, -0.2) is 24.1 Å². The Bertz CT molecular complexity index is 5260. The minimum Gasteiger partial charge on any atom is -0.309 e. The summed E-state index contributed by atoms with van der Waals surface area (Å²) in [6, 6.07) is -28.6. The van der Waals surface area contributed by atoms with Gasteiger partial charge < -0.3 is 4.57 Å². The molecule has 260 valence electrons. The van der Waals surface area contributed by atoms with E-state index in [0.717, 1.165) is 9.13 Å². The lowest BCUT2D eigenvalue weighted by Gasteiger charge is -2.13. The Morgan fingerprint density at radius 1 is 0.304 bits per heavy atom. The average Bonchev–Trinajstić information content (AvgIpc) is 1.65. The molecular formula is C51H31N5. The minimum atomic E-state index is -1.05. The molecule has 0 fully saturated rings. The molecule has 9 aromatic carbocycles. The molecule has 0 saturated carbocycles. The standard InChI is InChI=1S/C51H31N5/c1-3-15-32(16-4-1)49-52-50(33-27-28-39-37-21-8-7-19-35(37)36-20-9-10-22-38(36)42(39)29-33)54-51(53-49)56-46-26-14-12-24-41(46)44-30-43-40-23-11-13-25-45(40)55(47(43)31-48(44)56)34-17-5-2-6-18-34/h1-31H/i1D,2D,3D,4D,5D,6D,7D,8D,9D,10D,11D,12D,13D,14D,15D,16D,17D,18D,19D,20D,21D,22D,23D,24D,25D,26D,27D,28D,29D,30D,31D. The van der Waals surface area contributed by atoms with Gasteiger partial charge in [-0.1, -0.05) is 145 Å². The summed E-state index contributed by atoms with van der Waals surface area (Å²) in [5, 5.41) is -5.73. The molecule has 12 rings (SSSR count). The van der Waals surface area contributed by atoms with Gasteiger partial charge in [-0.3, -0.25) is 4.57 Å². The number of nitrogens with zero attached hydrogens (tertiary/aromatic N) is 5. The first-order valence-electron chi connectivity index (χ1n) is 31.9. The number of hydrogen-bond donors (Lipinski definition) is 0. The lowest BCUT2D eigenvalue weighted by Crippen LogP contribution is -2.06. The predicted molar refractivity (Wildman–Crippen MR) is 232 cm³/mol. The van der Waals surface area contributed by atoms with E-state index in [1.54, 1.807) is 0 Å². The second-order valence-corrected chi connectivity index (χ2v) is 12.1. The van der Waals surface area contributed by atoms with Gasteiger partial charge in [-0.2, -0.15) is 9.97 Å². The number of hydrogen-bond acceptors (Lipinski definition) is 3. The highest BCUT2D eigenvalue weighted by atomic mass is 15.2. The van der Waals surface area contributed by atoms with Gasteiger partial charge in [0.15, 0.2) is 11.6 Å². The van der Waals surface area contributed by atoms with Crippen molar-refractivity contribution in [2.45, 2.75) is 0 Å². The zero-order chi connectivity index (χ0) is 63.7. The molecule has 0 saturated heterocycles. The Hall–Kier alpha value is -7.63. The third kappa shape index (κ3) is 4.52. The average molecular weight is 745 g/mol.